The second-order valence-electron chi connectivity index (χ2n) is 4.93. The summed E-state index contributed by atoms with van der Waals surface area (Å²) in [5.74, 6) is 5.49. The molecule has 1 rings (SSSR count). The Labute approximate surface area is 106 Å². The summed E-state index contributed by atoms with van der Waals surface area (Å²) >= 11 is 0. The van der Waals surface area contributed by atoms with Gasteiger partial charge in [-0.25, -0.2) is 0 Å². The van der Waals surface area contributed by atoms with Gasteiger partial charge in [-0.1, -0.05) is 44.9 Å². The zero-order valence-corrected chi connectivity index (χ0v) is 11.2. The van der Waals surface area contributed by atoms with Crippen LogP contribution in [0, 0.1) is 0 Å². The second kappa shape index (κ2) is 9.20. The van der Waals surface area contributed by atoms with Crippen molar-refractivity contribution in [1.82, 2.24) is 0 Å². The van der Waals surface area contributed by atoms with Crippen LogP contribution in [0.2, 0.25) is 0 Å². The quantitative estimate of drug-likeness (QED) is 0.507. The summed E-state index contributed by atoms with van der Waals surface area (Å²) in [4.78, 5) is 4.36. The lowest BCUT2D eigenvalue weighted by Gasteiger charge is -2.08. The summed E-state index contributed by atoms with van der Waals surface area (Å²) in [5, 5.41) is 3.94. The number of hydrogen-bond acceptors (Lipinski definition) is 3. The molecule has 0 spiro atoms. The monoisotopic (exact) mass is 237 g/mol. The predicted octanol–water partition coefficient (Wildman–Crippen LogP) is 3.68. The molecule has 0 saturated heterocycles. The largest absolute Gasteiger partial charge is 0.323 e. The highest BCUT2D eigenvalue weighted by Crippen LogP contribution is 2.14. The Bertz CT molecular complexity index is 230. The van der Waals surface area contributed by atoms with Crippen molar-refractivity contribution in [2.45, 2.75) is 70.6 Å². The minimum atomic E-state index is 1.00. The van der Waals surface area contributed by atoms with Crippen LogP contribution in [-0.4, -0.2) is 18.5 Å². The van der Waals surface area contributed by atoms with Gasteiger partial charge in [-0.15, -0.1) is 0 Å². The molecule has 0 aromatic heterocycles. The molecule has 1 saturated carbocycles. The molecule has 0 radical (unpaired) electrons. The number of nitrogens with zero attached hydrogens (tertiary/aromatic N) is 2. The molecule has 0 aromatic carbocycles. The van der Waals surface area contributed by atoms with Crippen molar-refractivity contribution in [3.05, 3.63) is 0 Å². The Kier molecular flexibility index (Phi) is 7.69. The van der Waals surface area contributed by atoms with E-state index in [2.05, 4.69) is 10.1 Å². The van der Waals surface area contributed by atoms with Crippen molar-refractivity contribution in [3.63, 3.8) is 0 Å². The molecule has 0 unspecified atom stereocenters. The Morgan fingerprint density at radius 1 is 0.706 bits per heavy atom. The second-order valence-corrected chi connectivity index (χ2v) is 4.93. The lowest BCUT2D eigenvalue weighted by atomic mass is 10.0. The Balaban J connectivity index is 2.51. The Hall–Kier alpha value is -0.860. The molecule has 0 bridgehead atoms. The van der Waals surface area contributed by atoms with Gasteiger partial charge in [-0.2, -0.15) is 5.10 Å². The summed E-state index contributed by atoms with van der Waals surface area (Å²) in [6.45, 7) is 0. The third-order valence-electron chi connectivity index (χ3n) is 3.59. The van der Waals surface area contributed by atoms with Gasteiger partial charge in [0, 0.05) is 7.05 Å². The van der Waals surface area contributed by atoms with Gasteiger partial charge in [-0.3, -0.25) is 4.99 Å². The Morgan fingerprint density at radius 2 is 1.12 bits per heavy atom. The van der Waals surface area contributed by atoms with Crippen LogP contribution in [0.1, 0.15) is 70.6 Å². The van der Waals surface area contributed by atoms with E-state index in [-0.39, 0.29) is 0 Å². The van der Waals surface area contributed by atoms with Crippen LogP contribution in [0.5, 0.6) is 0 Å². The number of hydrogen-bond donors (Lipinski definition) is 1. The lowest BCUT2D eigenvalue weighted by Crippen LogP contribution is -2.16. The maximum atomic E-state index is 5.49. The van der Waals surface area contributed by atoms with E-state index in [1.807, 2.05) is 7.05 Å². The predicted molar refractivity (Wildman–Crippen MR) is 75.8 cm³/mol. The van der Waals surface area contributed by atoms with Gasteiger partial charge in [0.05, 0.1) is 11.4 Å². The van der Waals surface area contributed by atoms with E-state index in [9.17, 15) is 0 Å². The lowest BCUT2D eigenvalue weighted by molar-refractivity contribution is 0.567. The van der Waals surface area contributed by atoms with Gasteiger partial charge in [0.15, 0.2) is 0 Å². The summed E-state index contributed by atoms with van der Waals surface area (Å²) in [5.41, 5.74) is 2.17. The molecule has 0 aromatic rings. The minimum Gasteiger partial charge on any atom is -0.323 e. The summed E-state index contributed by atoms with van der Waals surface area (Å²) in [6.07, 6.45) is 14.0. The maximum absolute atomic E-state index is 5.49. The summed E-state index contributed by atoms with van der Waals surface area (Å²) in [6, 6.07) is 0. The number of hydrazone groups is 1. The molecule has 98 valence electrons. The van der Waals surface area contributed by atoms with E-state index in [0.29, 0.717) is 0 Å². The molecule has 1 aliphatic carbocycles. The SMILES string of the molecule is C/N=C1/CCCCCCCCCCC/C1=N/N. The molecule has 1 aliphatic rings. The van der Waals surface area contributed by atoms with Gasteiger partial charge < -0.3 is 5.84 Å². The first kappa shape index (κ1) is 14.2. The number of nitrogens with two attached hydrogens (primary N) is 1. The van der Waals surface area contributed by atoms with Crippen molar-refractivity contribution in [1.29, 1.82) is 0 Å². The zero-order chi connectivity index (χ0) is 12.3. The van der Waals surface area contributed by atoms with Gasteiger partial charge in [0.1, 0.15) is 0 Å². The van der Waals surface area contributed by atoms with Gasteiger partial charge in [0.25, 0.3) is 0 Å². The molecule has 3 heteroatoms. The van der Waals surface area contributed by atoms with Crippen molar-refractivity contribution < 1.29 is 0 Å². The van der Waals surface area contributed by atoms with Gasteiger partial charge in [-0.05, 0) is 25.7 Å². The minimum absolute atomic E-state index is 1.00. The van der Waals surface area contributed by atoms with Crippen LogP contribution in [0.25, 0.3) is 0 Å². The third kappa shape index (κ3) is 5.85. The average molecular weight is 237 g/mol. The van der Waals surface area contributed by atoms with Crippen molar-refractivity contribution in [3.8, 4) is 0 Å². The van der Waals surface area contributed by atoms with E-state index in [1.165, 1.54) is 57.8 Å². The Morgan fingerprint density at radius 3 is 1.53 bits per heavy atom. The first-order chi connectivity index (χ1) is 8.38. The van der Waals surface area contributed by atoms with Crippen molar-refractivity contribution in [2.24, 2.45) is 15.9 Å². The average Bonchev–Trinajstić information content (AvgIpc) is 2.38. The van der Waals surface area contributed by atoms with Gasteiger partial charge in [0.2, 0.25) is 0 Å². The highest BCUT2D eigenvalue weighted by molar-refractivity contribution is 6.42. The summed E-state index contributed by atoms with van der Waals surface area (Å²) in [7, 11) is 1.86. The maximum Gasteiger partial charge on any atom is 0.0810 e. The first-order valence-electron chi connectivity index (χ1n) is 7.11. The van der Waals surface area contributed by atoms with Gasteiger partial charge >= 0.3 is 0 Å². The zero-order valence-electron chi connectivity index (χ0n) is 11.2. The molecular formula is C14H27N3. The van der Waals surface area contributed by atoms with Crippen LogP contribution in [0.3, 0.4) is 0 Å². The number of aliphatic imine (C=N–C) groups is 1. The van der Waals surface area contributed by atoms with Crippen molar-refractivity contribution >= 4 is 11.4 Å². The number of rotatable bonds is 0. The fourth-order valence-electron chi connectivity index (χ4n) is 2.49. The third-order valence-corrected chi connectivity index (χ3v) is 3.59. The first-order valence-corrected chi connectivity index (χ1v) is 7.11. The fraction of sp³-hybridized carbons (Fsp3) is 0.857. The van der Waals surface area contributed by atoms with Crippen LogP contribution >= 0.6 is 0 Å². The van der Waals surface area contributed by atoms with E-state index in [4.69, 9.17) is 5.84 Å². The van der Waals surface area contributed by atoms with Crippen LogP contribution < -0.4 is 5.84 Å². The van der Waals surface area contributed by atoms with E-state index < -0.39 is 0 Å². The molecule has 17 heavy (non-hydrogen) atoms. The molecule has 3 nitrogen and oxygen atoms in total. The van der Waals surface area contributed by atoms with E-state index in [1.54, 1.807) is 0 Å². The van der Waals surface area contributed by atoms with Crippen molar-refractivity contribution in [2.75, 3.05) is 7.05 Å². The molecule has 2 N–H and O–H groups in total. The molecule has 1 fully saturated rings. The standard InChI is InChI=1S/C14H27N3/c1-16-13-11-9-7-5-3-2-4-6-8-10-12-14(13)17-15/h2-12,15H2,1H3/b16-13-,17-14-. The fourth-order valence-corrected chi connectivity index (χ4v) is 2.49. The molecule has 0 atom stereocenters. The smallest absolute Gasteiger partial charge is 0.0810 e. The molecule has 0 amide bonds. The topological polar surface area (TPSA) is 50.7 Å². The molecular weight excluding hydrogens is 210 g/mol. The summed E-state index contributed by atoms with van der Waals surface area (Å²) < 4.78 is 0. The molecule has 0 heterocycles. The van der Waals surface area contributed by atoms with E-state index >= 15 is 0 Å². The van der Waals surface area contributed by atoms with Crippen LogP contribution in [0.4, 0.5) is 0 Å². The van der Waals surface area contributed by atoms with Crippen LogP contribution in [0.15, 0.2) is 10.1 Å². The highest BCUT2D eigenvalue weighted by atomic mass is 15.1. The molecule has 0 aliphatic heterocycles. The van der Waals surface area contributed by atoms with E-state index in [0.717, 1.165) is 24.3 Å². The highest BCUT2D eigenvalue weighted by Gasteiger charge is 2.08. The normalized spacial score (nSPS) is 26.2. The van der Waals surface area contributed by atoms with Crippen LogP contribution in [-0.2, 0) is 0 Å².